The Balaban J connectivity index is 1.79. The van der Waals surface area contributed by atoms with Gasteiger partial charge in [-0.15, -0.1) is 0 Å². The highest BCUT2D eigenvalue weighted by molar-refractivity contribution is 5.41. The van der Waals surface area contributed by atoms with Crippen LogP contribution in [0.1, 0.15) is 16.8 Å². The van der Waals surface area contributed by atoms with E-state index < -0.39 is 0 Å². The summed E-state index contributed by atoms with van der Waals surface area (Å²) in [7, 11) is 0. The van der Waals surface area contributed by atoms with E-state index in [9.17, 15) is 0 Å². The van der Waals surface area contributed by atoms with Crippen LogP contribution >= 0.6 is 0 Å². The number of nitriles is 1. The molecule has 0 radical (unpaired) electrons. The van der Waals surface area contributed by atoms with E-state index in [2.05, 4.69) is 28.0 Å². The molecule has 0 aliphatic rings. The summed E-state index contributed by atoms with van der Waals surface area (Å²) in [5.74, 6) is 6.10. The van der Waals surface area contributed by atoms with Crippen molar-refractivity contribution in [1.29, 1.82) is 5.26 Å². The monoisotopic (exact) mass is 258 g/mol. The van der Waals surface area contributed by atoms with Crippen molar-refractivity contribution in [2.24, 2.45) is 0 Å². The SMILES string of the molecule is N#Cc1cccc(CC#Cc2ccn3nccc3n2)c1. The van der Waals surface area contributed by atoms with Gasteiger partial charge < -0.3 is 0 Å². The van der Waals surface area contributed by atoms with Crippen LogP contribution in [0.5, 0.6) is 0 Å². The summed E-state index contributed by atoms with van der Waals surface area (Å²) in [6, 6.07) is 13.3. The fourth-order valence-electron chi connectivity index (χ4n) is 1.87. The van der Waals surface area contributed by atoms with Crippen LogP contribution in [0.25, 0.3) is 5.65 Å². The molecule has 1 aromatic carbocycles. The van der Waals surface area contributed by atoms with Crippen molar-refractivity contribution in [3.05, 3.63) is 65.6 Å². The predicted octanol–water partition coefficient (Wildman–Crippen LogP) is 2.20. The van der Waals surface area contributed by atoms with Crippen LogP contribution in [0.15, 0.2) is 48.8 Å². The number of fused-ring (bicyclic) bond motifs is 1. The molecule has 2 aromatic heterocycles. The number of aromatic nitrogens is 3. The van der Waals surface area contributed by atoms with Crippen molar-refractivity contribution in [3.8, 4) is 17.9 Å². The molecule has 3 aromatic rings. The summed E-state index contributed by atoms with van der Waals surface area (Å²) < 4.78 is 1.70. The van der Waals surface area contributed by atoms with Crippen molar-refractivity contribution in [2.45, 2.75) is 6.42 Å². The van der Waals surface area contributed by atoms with Gasteiger partial charge in [0.15, 0.2) is 5.65 Å². The van der Waals surface area contributed by atoms with Gasteiger partial charge in [-0.25, -0.2) is 9.50 Å². The van der Waals surface area contributed by atoms with Crippen LogP contribution in [-0.2, 0) is 6.42 Å². The van der Waals surface area contributed by atoms with Gasteiger partial charge in [0.05, 0.1) is 17.8 Å². The Bertz CT molecular complexity index is 859. The van der Waals surface area contributed by atoms with Crippen LogP contribution in [0.4, 0.5) is 0 Å². The number of nitrogens with zero attached hydrogens (tertiary/aromatic N) is 4. The molecule has 0 saturated heterocycles. The van der Waals surface area contributed by atoms with Gasteiger partial charge in [-0.2, -0.15) is 10.4 Å². The molecule has 2 heterocycles. The molecule has 0 atom stereocenters. The summed E-state index contributed by atoms with van der Waals surface area (Å²) >= 11 is 0. The third-order valence-electron chi connectivity index (χ3n) is 2.82. The second-order valence-electron chi connectivity index (χ2n) is 4.24. The maximum absolute atomic E-state index is 8.84. The Labute approximate surface area is 116 Å². The molecule has 0 bridgehead atoms. The van der Waals surface area contributed by atoms with E-state index in [4.69, 9.17) is 5.26 Å². The van der Waals surface area contributed by atoms with E-state index in [1.165, 1.54) is 0 Å². The summed E-state index contributed by atoms with van der Waals surface area (Å²) in [4.78, 5) is 4.37. The first-order valence-electron chi connectivity index (χ1n) is 6.13. The van der Waals surface area contributed by atoms with Gasteiger partial charge in [-0.3, -0.25) is 0 Å². The second-order valence-corrected chi connectivity index (χ2v) is 4.24. The van der Waals surface area contributed by atoms with Crippen molar-refractivity contribution >= 4 is 5.65 Å². The molecule has 0 spiro atoms. The zero-order chi connectivity index (χ0) is 13.8. The molecule has 4 nitrogen and oxygen atoms in total. The summed E-state index contributed by atoms with van der Waals surface area (Å²) in [6.45, 7) is 0. The fraction of sp³-hybridized carbons (Fsp3) is 0.0625. The van der Waals surface area contributed by atoms with Crippen LogP contribution in [0.3, 0.4) is 0 Å². The lowest BCUT2D eigenvalue weighted by atomic mass is 10.1. The maximum atomic E-state index is 8.84. The lowest BCUT2D eigenvalue weighted by Crippen LogP contribution is -1.91. The highest BCUT2D eigenvalue weighted by Gasteiger charge is 1.96. The van der Waals surface area contributed by atoms with E-state index in [0.29, 0.717) is 12.0 Å². The quantitative estimate of drug-likeness (QED) is 0.629. The highest BCUT2D eigenvalue weighted by atomic mass is 15.2. The summed E-state index contributed by atoms with van der Waals surface area (Å²) in [5, 5.41) is 12.9. The van der Waals surface area contributed by atoms with Crippen LogP contribution in [-0.4, -0.2) is 14.6 Å². The number of rotatable bonds is 1. The molecule has 20 heavy (non-hydrogen) atoms. The molecule has 0 amide bonds. The molecule has 4 heteroatoms. The predicted molar refractivity (Wildman–Crippen MR) is 74.7 cm³/mol. The van der Waals surface area contributed by atoms with E-state index in [1.807, 2.05) is 36.5 Å². The van der Waals surface area contributed by atoms with Crippen LogP contribution < -0.4 is 0 Å². The topological polar surface area (TPSA) is 54.0 Å². The molecule has 0 N–H and O–H groups in total. The third kappa shape index (κ3) is 2.50. The minimum absolute atomic E-state index is 0.599. The van der Waals surface area contributed by atoms with E-state index in [1.54, 1.807) is 16.8 Å². The van der Waals surface area contributed by atoms with E-state index in [0.717, 1.165) is 16.9 Å². The Morgan fingerprint density at radius 2 is 2.15 bits per heavy atom. The first kappa shape index (κ1) is 12.0. The van der Waals surface area contributed by atoms with E-state index >= 15 is 0 Å². The molecule has 0 aliphatic carbocycles. The number of hydrogen-bond donors (Lipinski definition) is 0. The van der Waals surface area contributed by atoms with Crippen LogP contribution in [0, 0.1) is 23.2 Å². The smallest absolute Gasteiger partial charge is 0.156 e. The molecule has 3 rings (SSSR count). The van der Waals surface area contributed by atoms with Gasteiger partial charge in [-0.05, 0) is 29.7 Å². The minimum atomic E-state index is 0.599. The molecule has 0 unspecified atom stereocenters. The molecule has 94 valence electrons. The Hall–Kier alpha value is -3.11. The summed E-state index contributed by atoms with van der Waals surface area (Å²) in [6.07, 6.45) is 4.14. The van der Waals surface area contributed by atoms with Crippen molar-refractivity contribution in [1.82, 2.24) is 14.6 Å². The number of benzene rings is 1. The van der Waals surface area contributed by atoms with Gasteiger partial charge in [0.25, 0.3) is 0 Å². The molecule has 0 fully saturated rings. The first-order chi connectivity index (χ1) is 9.85. The van der Waals surface area contributed by atoms with Gasteiger partial charge in [0.2, 0.25) is 0 Å². The van der Waals surface area contributed by atoms with Gasteiger partial charge >= 0.3 is 0 Å². The highest BCUT2D eigenvalue weighted by Crippen LogP contribution is 2.04. The molecule has 0 aliphatic heterocycles. The van der Waals surface area contributed by atoms with Gasteiger partial charge in [0, 0.05) is 18.7 Å². The Morgan fingerprint density at radius 1 is 1.20 bits per heavy atom. The lowest BCUT2D eigenvalue weighted by molar-refractivity contribution is 0.936. The first-order valence-corrected chi connectivity index (χ1v) is 6.13. The average molecular weight is 258 g/mol. The zero-order valence-corrected chi connectivity index (χ0v) is 10.6. The van der Waals surface area contributed by atoms with Gasteiger partial charge in [0.1, 0.15) is 5.69 Å². The standard InChI is InChI=1S/C16H10N4/c17-12-14-5-1-3-13(11-14)4-2-6-15-8-10-20-16(19-15)7-9-18-20/h1,3,5,7-11H,4H2. The largest absolute Gasteiger partial charge is 0.223 e. The van der Waals surface area contributed by atoms with Crippen LogP contribution in [0.2, 0.25) is 0 Å². The number of hydrogen-bond acceptors (Lipinski definition) is 3. The Kier molecular flexibility index (Phi) is 3.14. The lowest BCUT2D eigenvalue weighted by Gasteiger charge is -1.95. The van der Waals surface area contributed by atoms with E-state index in [-0.39, 0.29) is 0 Å². The minimum Gasteiger partial charge on any atom is -0.223 e. The Morgan fingerprint density at radius 3 is 3.05 bits per heavy atom. The molecular weight excluding hydrogens is 248 g/mol. The van der Waals surface area contributed by atoms with Gasteiger partial charge in [-0.1, -0.05) is 18.1 Å². The molecular formula is C16H10N4. The van der Waals surface area contributed by atoms with Crippen molar-refractivity contribution < 1.29 is 0 Å². The zero-order valence-electron chi connectivity index (χ0n) is 10.6. The maximum Gasteiger partial charge on any atom is 0.156 e. The third-order valence-corrected chi connectivity index (χ3v) is 2.82. The second kappa shape index (κ2) is 5.26. The summed E-state index contributed by atoms with van der Waals surface area (Å²) in [5.41, 5.74) is 3.18. The normalized spacial score (nSPS) is 9.75. The molecule has 0 saturated carbocycles. The fourth-order valence-corrected chi connectivity index (χ4v) is 1.87. The van der Waals surface area contributed by atoms with Crippen molar-refractivity contribution in [3.63, 3.8) is 0 Å². The average Bonchev–Trinajstić information content (AvgIpc) is 2.95. The van der Waals surface area contributed by atoms with Crippen molar-refractivity contribution in [2.75, 3.05) is 0 Å².